The van der Waals surface area contributed by atoms with Crippen LogP contribution in [0.15, 0.2) is 30.5 Å². The molecule has 110 valence electrons. The van der Waals surface area contributed by atoms with E-state index < -0.39 is 5.97 Å². The number of rotatable bonds is 5. The lowest BCUT2D eigenvalue weighted by Crippen LogP contribution is -2.30. The van der Waals surface area contributed by atoms with Crippen LogP contribution >= 0.6 is 0 Å². The van der Waals surface area contributed by atoms with Gasteiger partial charge in [0.25, 0.3) is 0 Å². The molecule has 0 unspecified atom stereocenters. The van der Waals surface area contributed by atoms with Crippen molar-refractivity contribution in [1.82, 2.24) is 15.0 Å². The van der Waals surface area contributed by atoms with E-state index in [1.165, 1.54) is 15.8 Å². The topological polar surface area (TPSA) is 97.5 Å². The SMILES string of the molecule is COc1ccc(N(C)C(=O)Cn2cc(C(=O)O)nn2)cc1. The maximum atomic E-state index is 12.1. The summed E-state index contributed by atoms with van der Waals surface area (Å²) in [6, 6.07) is 7.00. The normalized spacial score (nSPS) is 10.2. The Balaban J connectivity index is 2.05. The van der Waals surface area contributed by atoms with Gasteiger partial charge in [0.1, 0.15) is 12.3 Å². The van der Waals surface area contributed by atoms with Crippen LogP contribution in [0, 0.1) is 0 Å². The maximum Gasteiger partial charge on any atom is 0.358 e. The minimum absolute atomic E-state index is 0.0944. The minimum Gasteiger partial charge on any atom is -0.497 e. The van der Waals surface area contributed by atoms with Crippen LogP contribution in [0.1, 0.15) is 10.5 Å². The van der Waals surface area contributed by atoms with Crippen molar-refractivity contribution in [2.24, 2.45) is 0 Å². The summed E-state index contributed by atoms with van der Waals surface area (Å²) < 4.78 is 6.24. The Morgan fingerprint density at radius 3 is 2.52 bits per heavy atom. The lowest BCUT2D eigenvalue weighted by Gasteiger charge is -2.17. The number of aromatic carboxylic acids is 1. The number of amides is 1. The summed E-state index contributed by atoms with van der Waals surface area (Å²) >= 11 is 0. The van der Waals surface area contributed by atoms with E-state index in [1.807, 2.05) is 0 Å². The Hall–Kier alpha value is -2.90. The first-order valence-corrected chi connectivity index (χ1v) is 6.05. The van der Waals surface area contributed by atoms with E-state index in [2.05, 4.69) is 10.3 Å². The second kappa shape index (κ2) is 6.04. The Labute approximate surface area is 120 Å². The third-order valence-corrected chi connectivity index (χ3v) is 2.89. The minimum atomic E-state index is -1.18. The summed E-state index contributed by atoms with van der Waals surface area (Å²) in [6.45, 7) is -0.0944. The van der Waals surface area contributed by atoms with Crippen molar-refractivity contribution in [2.45, 2.75) is 6.54 Å². The number of carboxylic acid groups (broad SMARTS) is 1. The van der Waals surface area contributed by atoms with Gasteiger partial charge in [0.2, 0.25) is 5.91 Å². The van der Waals surface area contributed by atoms with Crippen LogP contribution in [-0.2, 0) is 11.3 Å². The first kappa shape index (κ1) is 14.5. The van der Waals surface area contributed by atoms with E-state index in [0.29, 0.717) is 11.4 Å². The van der Waals surface area contributed by atoms with E-state index in [0.717, 1.165) is 0 Å². The molecule has 2 rings (SSSR count). The van der Waals surface area contributed by atoms with Gasteiger partial charge < -0.3 is 14.7 Å². The van der Waals surface area contributed by atoms with Gasteiger partial charge in [-0.2, -0.15) is 0 Å². The predicted octanol–water partition coefficient (Wildman–Crippen LogP) is 0.648. The van der Waals surface area contributed by atoms with Crippen LogP contribution in [-0.4, -0.2) is 46.1 Å². The number of nitrogens with zero attached hydrogens (tertiary/aromatic N) is 4. The molecule has 0 fully saturated rings. The highest BCUT2D eigenvalue weighted by atomic mass is 16.5. The molecule has 0 radical (unpaired) electrons. The van der Waals surface area contributed by atoms with Gasteiger partial charge in [0, 0.05) is 12.7 Å². The van der Waals surface area contributed by atoms with Crippen LogP contribution < -0.4 is 9.64 Å². The number of benzene rings is 1. The van der Waals surface area contributed by atoms with Crippen molar-refractivity contribution < 1.29 is 19.4 Å². The summed E-state index contributed by atoms with van der Waals surface area (Å²) in [4.78, 5) is 24.2. The quantitative estimate of drug-likeness (QED) is 0.868. The standard InChI is InChI=1S/C13H14N4O4/c1-16(9-3-5-10(21-2)6-4-9)12(18)8-17-7-11(13(19)20)14-15-17/h3-7H,8H2,1-2H3,(H,19,20). The van der Waals surface area contributed by atoms with Crippen LogP contribution in [0.4, 0.5) is 5.69 Å². The molecule has 1 aromatic carbocycles. The van der Waals surface area contributed by atoms with Gasteiger partial charge >= 0.3 is 5.97 Å². The van der Waals surface area contributed by atoms with Crippen LogP contribution in [0.2, 0.25) is 0 Å². The van der Waals surface area contributed by atoms with Crippen molar-refractivity contribution >= 4 is 17.6 Å². The number of hydrogen-bond acceptors (Lipinski definition) is 5. The Kier molecular flexibility index (Phi) is 4.17. The van der Waals surface area contributed by atoms with E-state index >= 15 is 0 Å². The summed E-state index contributed by atoms with van der Waals surface area (Å²) in [5, 5.41) is 15.8. The maximum absolute atomic E-state index is 12.1. The highest BCUT2D eigenvalue weighted by molar-refractivity contribution is 5.92. The smallest absolute Gasteiger partial charge is 0.358 e. The number of hydrogen-bond donors (Lipinski definition) is 1. The van der Waals surface area contributed by atoms with Crippen molar-refractivity contribution in [1.29, 1.82) is 0 Å². The molecule has 1 N–H and O–H groups in total. The molecule has 0 aliphatic carbocycles. The van der Waals surface area contributed by atoms with Gasteiger partial charge in [-0.3, -0.25) is 4.79 Å². The molecule has 0 aliphatic heterocycles. The fourth-order valence-electron chi connectivity index (χ4n) is 1.67. The number of carboxylic acids is 1. The molecular weight excluding hydrogens is 276 g/mol. The number of ether oxygens (including phenoxy) is 1. The Morgan fingerprint density at radius 2 is 2.00 bits per heavy atom. The molecule has 21 heavy (non-hydrogen) atoms. The molecule has 0 saturated carbocycles. The average molecular weight is 290 g/mol. The van der Waals surface area contributed by atoms with Gasteiger partial charge in [-0.05, 0) is 24.3 Å². The molecule has 0 saturated heterocycles. The summed E-state index contributed by atoms with van der Waals surface area (Å²) in [6.07, 6.45) is 1.21. The second-order valence-electron chi connectivity index (χ2n) is 4.26. The number of methoxy groups -OCH3 is 1. The predicted molar refractivity (Wildman–Crippen MR) is 73.4 cm³/mol. The molecule has 8 heteroatoms. The highest BCUT2D eigenvalue weighted by Crippen LogP contribution is 2.18. The Morgan fingerprint density at radius 1 is 1.33 bits per heavy atom. The molecule has 0 atom stereocenters. The lowest BCUT2D eigenvalue weighted by atomic mass is 10.3. The van der Waals surface area contributed by atoms with Crippen LogP contribution in [0.5, 0.6) is 5.75 Å². The zero-order valence-electron chi connectivity index (χ0n) is 11.6. The lowest BCUT2D eigenvalue weighted by molar-refractivity contribution is -0.119. The second-order valence-corrected chi connectivity index (χ2v) is 4.26. The molecule has 0 bridgehead atoms. The van der Waals surface area contributed by atoms with Crippen molar-refractivity contribution in [3.63, 3.8) is 0 Å². The highest BCUT2D eigenvalue weighted by Gasteiger charge is 2.14. The van der Waals surface area contributed by atoms with Gasteiger partial charge in [-0.15, -0.1) is 5.10 Å². The fourth-order valence-corrected chi connectivity index (χ4v) is 1.67. The molecule has 1 heterocycles. The molecular formula is C13H14N4O4. The van der Waals surface area contributed by atoms with Crippen molar-refractivity contribution in [2.75, 3.05) is 19.1 Å². The number of aromatic nitrogens is 3. The van der Waals surface area contributed by atoms with Gasteiger partial charge in [-0.25, -0.2) is 9.48 Å². The Bertz CT molecular complexity index is 650. The van der Waals surface area contributed by atoms with Crippen LogP contribution in [0.3, 0.4) is 0 Å². The monoisotopic (exact) mass is 290 g/mol. The molecule has 2 aromatic rings. The third-order valence-electron chi connectivity index (χ3n) is 2.89. The van der Waals surface area contributed by atoms with E-state index in [4.69, 9.17) is 9.84 Å². The summed E-state index contributed by atoms with van der Waals surface area (Å²) in [5.41, 5.74) is 0.495. The van der Waals surface area contributed by atoms with Crippen molar-refractivity contribution in [3.05, 3.63) is 36.2 Å². The average Bonchev–Trinajstić information content (AvgIpc) is 2.95. The largest absolute Gasteiger partial charge is 0.497 e. The zero-order chi connectivity index (χ0) is 15.4. The molecule has 8 nitrogen and oxygen atoms in total. The first-order chi connectivity index (χ1) is 10.0. The summed E-state index contributed by atoms with van der Waals surface area (Å²) in [5.74, 6) is -0.735. The van der Waals surface area contributed by atoms with Gasteiger partial charge in [0.15, 0.2) is 5.69 Å². The number of likely N-dealkylation sites (N-methyl/N-ethyl adjacent to an activating group) is 1. The van der Waals surface area contributed by atoms with E-state index in [-0.39, 0.29) is 18.1 Å². The van der Waals surface area contributed by atoms with Gasteiger partial charge in [0.05, 0.1) is 13.3 Å². The van der Waals surface area contributed by atoms with E-state index in [1.54, 1.807) is 38.4 Å². The van der Waals surface area contributed by atoms with Crippen LogP contribution in [0.25, 0.3) is 0 Å². The zero-order valence-corrected chi connectivity index (χ0v) is 11.6. The molecule has 0 aliphatic rings. The summed E-state index contributed by atoms with van der Waals surface area (Å²) in [7, 11) is 3.19. The molecule has 1 amide bonds. The number of anilines is 1. The van der Waals surface area contributed by atoms with Crippen molar-refractivity contribution in [3.8, 4) is 5.75 Å². The number of carbonyl (C=O) groups is 2. The molecule has 1 aromatic heterocycles. The fraction of sp³-hybridized carbons (Fsp3) is 0.231. The van der Waals surface area contributed by atoms with Gasteiger partial charge in [-0.1, -0.05) is 5.21 Å². The third kappa shape index (κ3) is 3.35. The van der Waals surface area contributed by atoms with E-state index in [9.17, 15) is 9.59 Å². The molecule has 0 spiro atoms. The first-order valence-electron chi connectivity index (χ1n) is 6.05. The number of carbonyl (C=O) groups excluding carboxylic acids is 1.